The molecule has 2 aromatic carbocycles. The van der Waals surface area contributed by atoms with Gasteiger partial charge in [-0.25, -0.2) is 0 Å². The largest absolute Gasteiger partial charge is 0.381 e. The number of ether oxygens (including phenoxy) is 1. The minimum atomic E-state index is 0.693. The van der Waals surface area contributed by atoms with Crippen molar-refractivity contribution in [2.45, 2.75) is 19.8 Å². The van der Waals surface area contributed by atoms with Crippen molar-refractivity contribution in [2.75, 3.05) is 13.2 Å². The van der Waals surface area contributed by atoms with E-state index in [2.05, 4.69) is 37.3 Å². The highest BCUT2D eigenvalue weighted by molar-refractivity contribution is 5.64. The minimum absolute atomic E-state index is 0.693. The molecule has 2 nitrogen and oxygen atoms in total. The summed E-state index contributed by atoms with van der Waals surface area (Å²) in [6.45, 7) is 3.74. The molecule has 0 unspecified atom stereocenters. The van der Waals surface area contributed by atoms with Crippen LogP contribution in [0.1, 0.15) is 24.5 Å². The number of nitrogens with zero attached hydrogens (tertiary/aromatic N) is 1. The van der Waals surface area contributed by atoms with Gasteiger partial charge in [0.2, 0.25) is 0 Å². The van der Waals surface area contributed by atoms with Gasteiger partial charge >= 0.3 is 0 Å². The zero-order chi connectivity index (χ0) is 14.2. The molecule has 0 bridgehead atoms. The second-order valence-electron chi connectivity index (χ2n) is 4.75. The molecule has 0 atom stereocenters. The fourth-order valence-corrected chi connectivity index (χ4v) is 2.04. The first-order valence-corrected chi connectivity index (χ1v) is 7.00. The Morgan fingerprint density at radius 2 is 1.50 bits per heavy atom. The highest BCUT2D eigenvalue weighted by atomic mass is 16.5. The van der Waals surface area contributed by atoms with Crippen LogP contribution in [0.25, 0.3) is 11.1 Å². The van der Waals surface area contributed by atoms with Crippen molar-refractivity contribution in [2.24, 2.45) is 0 Å². The van der Waals surface area contributed by atoms with E-state index in [9.17, 15) is 0 Å². The lowest BCUT2D eigenvalue weighted by Crippen LogP contribution is -1.99. The Labute approximate surface area is 120 Å². The van der Waals surface area contributed by atoms with Gasteiger partial charge in [-0.2, -0.15) is 5.26 Å². The molecule has 0 N–H and O–H groups in total. The second-order valence-corrected chi connectivity index (χ2v) is 4.75. The molecule has 0 heterocycles. The van der Waals surface area contributed by atoms with Crippen LogP contribution >= 0.6 is 0 Å². The Bertz CT molecular complexity index is 564. The molecule has 0 aliphatic rings. The van der Waals surface area contributed by atoms with E-state index in [1.54, 1.807) is 0 Å². The van der Waals surface area contributed by atoms with Gasteiger partial charge < -0.3 is 4.74 Å². The van der Waals surface area contributed by atoms with Gasteiger partial charge in [-0.15, -0.1) is 0 Å². The fraction of sp³-hybridized carbons (Fsp3) is 0.278. The summed E-state index contributed by atoms with van der Waals surface area (Å²) in [5.74, 6) is 0. The van der Waals surface area contributed by atoms with Crippen molar-refractivity contribution in [3.05, 3.63) is 59.7 Å². The molecule has 20 heavy (non-hydrogen) atoms. The predicted octanol–water partition coefficient (Wildman–Crippen LogP) is 4.19. The first-order chi connectivity index (χ1) is 9.83. The average molecular weight is 265 g/mol. The van der Waals surface area contributed by atoms with E-state index in [0.717, 1.165) is 31.6 Å². The molecule has 0 aliphatic heterocycles. The van der Waals surface area contributed by atoms with Crippen LogP contribution in [-0.2, 0) is 11.2 Å². The summed E-state index contributed by atoms with van der Waals surface area (Å²) in [4.78, 5) is 0. The number of benzene rings is 2. The van der Waals surface area contributed by atoms with Crippen LogP contribution in [0, 0.1) is 11.3 Å². The number of hydrogen-bond acceptors (Lipinski definition) is 2. The van der Waals surface area contributed by atoms with E-state index in [1.807, 2.05) is 24.3 Å². The van der Waals surface area contributed by atoms with E-state index >= 15 is 0 Å². The summed E-state index contributed by atoms with van der Waals surface area (Å²) < 4.78 is 5.50. The van der Waals surface area contributed by atoms with Crippen LogP contribution in [0.3, 0.4) is 0 Å². The quantitative estimate of drug-likeness (QED) is 0.733. The normalized spacial score (nSPS) is 10.2. The lowest BCUT2D eigenvalue weighted by Gasteiger charge is -2.05. The summed E-state index contributed by atoms with van der Waals surface area (Å²) in [7, 11) is 0. The predicted molar refractivity (Wildman–Crippen MR) is 81.4 cm³/mol. The van der Waals surface area contributed by atoms with Crippen molar-refractivity contribution < 1.29 is 4.74 Å². The van der Waals surface area contributed by atoms with E-state index in [-0.39, 0.29) is 0 Å². The average Bonchev–Trinajstić information content (AvgIpc) is 2.52. The lowest BCUT2D eigenvalue weighted by atomic mass is 10.0. The number of nitriles is 1. The third-order valence-corrected chi connectivity index (χ3v) is 3.18. The Hall–Kier alpha value is -2.11. The standard InChI is InChI=1S/C18H19NO/c1-2-12-20-13-11-15-3-7-17(8-4-15)18-9-5-16(14-19)6-10-18/h3-10H,2,11-13H2,1H3. The van der Waals surface area contributed by atoms with Gasteiger partial charge in [0.1, 0.15) is 0 Å². The van der Waals surface area contributed by atoms with Gasteiger partial charge in [0, 0.05) is 6.61 Å². The second kappa shape index (κ2) is 7.47. The lowest BCUT2D eigenvalue weighted by molar-refractivity contribution is 0.138. The summed E-state index contributed by atoms with van der Waals surface area (Å²) in [6, 6.07) is 18.3. The maximum absolute atomic E-state index is 8.79. The summed E-state index contributed by atoms with van der Waals surface area (Å²) in [5.41, 5.74) is 4.29. The summed E-state index contributed by atoms with van der Waals surface area (Å²) in [5, 5.41) is 8.79. The molecule has 0 spiro atoms. The maximum atomic E-state index is 8.79. The third kappa shape index (κ3) is 3.94. The molecule has 0 fully saturated rings. The number of rotatable bonds is 6. The Kier molecular flexibility index (Phi) is 5.34. The zero-order valence-corrected chi connectivity index (χ0v) is 11.8. The van der Waals surface area contributed by atoms with Gasteiger partial charge in [0.15, 0.2) is 0 Å². The summed E-state index contributed by atoms with van der Waals surface area (Å²) in [6.07, 6.45) is 2.02. The molecule has 102 valence electrons. The SMILES string of the molecule is CCCOCCc1ccc(-c2ccc(C#N)cc2)cc1. The van der Waals surface area contributed by atoms with Gasteiger partial charge in [-0.3, -0.25) is 0 Å². The van der Waals surface area contributed by atoms with Crippen LogP contribution in [0.2, 0.25) is 0 Å². The Morgan fingerprint density at radius 1 is 0.900 bits per heavy atom. The number of hydrogen-bond donors (Lipinski definition) is 0. The molecule has 0 radical (unpaired) electrons. The Morgan fingerprint density at radius 3 is 2.05 bits per heavy atom. The van der Waals surface area contributed by atoms with E-state index < -0.39 is 0 Å². The molecule has 0 aromatic heterocycles. The van der Waals surface area contributed by atoms with Gasteiger partial charge in [-0.1, -0.05) is 43.3 Å². The first kappa shape index (κ1) is 14.3. The molecule has 2 aromatic rings. The van der Waals surface area contributed by atoms with Crippen molar-refractivity contribution >= 4 is 0 Å². The fourth-order valence-electron chi connectivity index (χ4n) is 2.04. The first-order valence-electron chi connectivity index (χ1n) is 7.00. The third-order valence-electron chi connectivity index (χ3n) is 3.18. The van der Waals surface area contributed by atoms with Gasteiger partial charge in [-0.05, 0) is 41.7 Å². The monoisotopic (exact) mass is 265 g/mol. The molecular weight excluding hydrogens is 246 g/mol. The van der Waals surface area contributed by atoms with E-state index in [4.69, 9.17) is 10.00 Å². The topological polar surface area (TPSA) is 33.0 Å². The van der Waals surface area contributed by atoms with Crippen molar-refractivity contribution in [3.63, 3.8) is 0 Å². The summed E-state index contributed by atoms with van der Waals surface area (Å²) >= 11 is 0. The molecule has 2 heteroatoms. The Balaban J connectivity index is 1.98. The smallest absolute Gasteiger partial charge is 0.0991 e. The zero-order valence-electron chi connectivity index (χ0n) is 11.8. The van der Waals surface area contributed by atoms with Crippen molar-refractivity contribution in [1.29, 1.82) is 5.26 Å². The van der Waals surface area contributed by atoms with Crippen LogP contribution in [0.5, 0.6) is 0 Å². The molecular formula is C18H19NO. The molecule has 0 amide bonds. The van der Waals surface area contributed by atoms with Crippen LogP contribution < -0.4 is 0 Å². The molecule has 0 saturated heterocycles. The molecule has 2 rings (SSSR count). The van der Waals surface area contributed by atoms with E-state index in [1.165, 1.54) is 11.1 Å². The highest BCUT2D eigenvalue weighted by Crippen LogP contribution is 2.20. The van der Waals surface area contributed by atoms with Crippen LogP contribution in [-0.4, -0.2) is 13.2 Å². The van der Waals surface area contributed by atoms with Crippen LogP contribution in [0.4, 0.5) is 0 Å². The highest BCUT2D eigenvalue weighted by Gasteiger charge is 1.99. The molecule has 0 saturated carbocycles. The van der Waals surface area contributed by atoms with Crippen molar-refractivity contribution in [3.8, 4) is 17.2 Å². The van der Waals surface area contributed by atoms with Crippen LogP contribution in [0.15, 0.2) is 48.5 Å². The van der Waals surface area contributed by atoms with Crippen molar-refractivity contribution in [1.82, 2.24) is 0 Å². The minimum Gasteiger partial charge on any atom is -0.381 e. The van der Waals surface area contributed by atoms with Gasteiger partial charge in [0.25, 0.3) is 0 Å². The van der Waals surface area contributed by atoms with Gasteiger partial charge in [0.05, 0.1) is 18.2 Å². The molecule has 0 aliphatic carbocycles. The van der Waals surface area contributed by atoms with E-state index in [0.29, 0.717) is 5.56 Å². The maximum Gasteiger partial charge on any atom is 0.0991 e.